The molecule has 0 radical (unpaired) electrons. The lowest BCUT2D eigenvalue weighted by Crippen LogP contribution is -2.33. The highest BCUT2D eigenvalue weighted by molar-refractivity contribution is 4.81. The van der Waals surface area contributed by atoms with E-state index in [0.717, 1.165) is 17.8 Å². The Hall–Kier alpha value is -0.0800. The van der Waals surface area contributed by atoms with Crippen LogP contribution in [0.5, 0.6) is 0 Å². The van der Waals surface area contributed by atoms with Gasteiger partial charge in [-0.05, 0) is 88.4 Å². The summed E-state index contributed by atoms with van der Waals surface area (Å²) in [5, 5.41) is 0. The smallest absolute Gasteiger partial charge is 0.0580 e. The van der Waals surface area contributed by atoms with E-state index in [-0.39, 0.29) is 0 Å². The Labute approximate surface area is 174 Å². The number of ether oxygens (including phenoxy) is 2. The fraction of sp³-hybridized carbons (Fsp3) is 1.00. The van der Waals surface area contributed by atoms with Crippen LogP contribution in [0.1, 0.15) is 122 Å². The molecule has 2 nitrogen and oxygen atoms in total. The summed E-state index contributed by atoms with van der Waals surface area (Å²) >= 11 is 0. The summed E-state index contributed by atoms with van der Waals surface area (Å²) in [5.41, 5.74) is 0. The number of hydrogen-bond donors (Lipinski definition) is 0. The molecule has 0 spiro atoms. The first-order valence-electron chi connectivity index (χ1n) is 13.1. The first-order valence-corrected chi connectivity index (χ1v) is 13.1. The third-order valence-corrected chi connectivity index (χ3v) is 8.54. The highest BCUT2D eigenvalue weighted by Gasteiger charge is 2.30. The van der Waals surface area contributed by atoms with Gasteiger partial charge in [-0.3, -0.25) is 0 Å². The third kappa shape index (κ3) is 6.46. The average Bonchev–Trinajstić information content (AvgIpc) is 2.73. The van der Waals surface area contributed by atoms with Crippen LogP contribution < -0.4 is 0 Å². The largest absolute Gasteiger partial charge is 0.375 e. The van der Waals surface area contributed by atoms with Crippen molar-refractivity contribution in [3.05, 3.63) is 0 Å². The van der Waals surface area contributed by atoms with Crippen molar-refractivity contribution in [2.75, 3.05) is 0 Å². The molecule has 2 heteroatoms. The van der Waals surface area contributed by atoms with Gasteiger partial charge in [-0.15, -0.1) is 0 Å². The second kappa shape index (κ2) is 10.8. The van der Waals surface area contributed by atoms with Crippen molar-refractivity contribution in [2.24, 2.45) is 17.8 Å². The highest BCUT2D eigenvalue weighted by atomic mass is 16.5. The first kappa shape index (κ1) is 21.2. The molecule has 0 saturated heterocycles. The molecule has 0 atom stereocenters. The van der Waals surface area contributed by atoms with Crippen LogP contribution in [0.25, 0.3) is 0 Å². The van der Waals surface area contributed by atoms with E-state index in [0.29, 0.717) is 24.4 Å². The maximum Gasteiger partial charge on any atom is 0.0580 e. The minimum absolute atomic E-state index is 0.521. The molecular weight excluding hydrogens is 344 g/mol. The van der Waals surface area contributed by atoms with Gasteiger partial charge >= 0.3 is 0 Å². The van der Waals surface area contributed by atoms with Gasteiger partial charge in [0.2, 0.25) is 0 Å². The number of rotatable bonds is 6. The van der Waals surface area contributed by atoms with Gasteiger partial charge < -0.3 is 9.47 Å². The predicted octanol–water partition coefficient (Wildman–Crippen LogP) is 7.44. The summed E-state index contributed by atoms with van der Waals surface area (Å²) in [6.45, 7) is 2.44. The molecule has 4 aliphatic rings. The Morgan fingerprint density at radius 3 is 1.36 bits per heavy atom. The second-order valence-corrected chi connectivity index (χ2v) is 10.9. The van der Waals surface area contributed by atoms with E-state index >= 15 is 0 Å². The van der Waals surface area contributed by atoms with E-state index < -0.39 is 0 Å². The van der Waals surface area contributed by atoms with Crippen LogP contribution in [0.2, 0.25) is 0 Å². The Morgan fingerprint density at radius 2 is 0.857 bits per heavy atom. The Bertz CT molecular complexity index is 420. The van der Waals surface area contributed by atoms with Crippen LogP contribution in [-0.2, 0) is 9.47 Å². The highest BCUT2D eigenvalue weighted by Crippen LogP contribution is 2.38. The maximum atomic E-state index is 6.57. The standard InChI is InChI=1S/C26H46O2/c1-20-7-9-21(10-8-20)19-22-11-13-24(14-12-22)28-26-17-15-25(16-18-26)27-23-5-3-2-4-6-23/h20-26H,2-19H2,1H3. The summed E-state index contributed by atoms with van der Waals surface area (Å²) in [7, 11) is 0. The van der Waals surface area contributed by atoms with E-state index in [1.165, 1.54) is 116 Å². The van der Waals surface area contributed by atoms with Crippen molar-refractivity contribution in [1.82, 2.24) is 0 Å². The minimum Gasteiger partial charge on any atom is -0.375 e. The molecule has 0 unspecified atom stereocenters. The maximum absolute atomic E-state index is 6.57. The third-order valence-electron chi connectivity index (χ3n) is 8.54. The van der Waals surface area contributed by atoms with Gasteiger partial charge in [0.25, 0.3) is 0 Å². The molecule has 4 saturated carbocycles. The molecule has 0 N–H and O–H groups in total. The Morgan fingerprint density at radius 1 is 0.464 bits per heavy atom. The van der Waals surface area contributed by atoms with Gasteiger partial charge in [-0.25, -0.2) is 0 Å². The van der Waals surface area contributed by atoms with Crippen LogP contribution in [0, 0.1) is 17.8 Å². The Kier molecular flexibility index (Phi) is 8.16. The van der Waals surface area contributed by atoms with Gasteiger partial charge in [-0.2, -0.15) is 0 Å². The van der Waals surface area contributed by atoms with Gasteiger partial charge in [0.1, 0.15) is 0 Å². The quantitative estimate of drug-likeness (QED) is 0.469. The number of hydrogen-bond acceptors (Lipinski definition) is 2. The zero-order valence-electron chi connectivity index (χ0n) is 18.6. The van der Waals surface area contributed by atoms with Crippen LogP contribution >= 0.6 is 0 Å². The van der Waals surface area contributed by atoms with Crippen LogP contribution in [-0.4, -0.2) is 24.4 Å². The lowest BCUT2D eigenvalue weighted by atomic mass is 9.75. The molecule has 4 rings (SSSR count). The normalized spacial score (nSPS) is 41.0. The molecule has 4 fully saturated rings. The minimum atomic E-state index is 0.521. The van der Waals surface area contributed by atoms with Crippen molar-refractivity contribution in [3.8, 4) is 0 Å². The molecule has 0 aromatic heterocycles. The van der Waals surface area contributed by atoms with E-state index in [2.05, 4.69) is 6.92 Å². The summed E-state index contributed by atoms with van der Waals surface area (Å²) in [6, 6.07) is 0. The molecule has 0 aromatic carbocycles. The molecular formula is C26H46O2. The van der Waals surface area contributed by atoms with Crippen molar-refractivity contribution in [3.63, 3.8) is 0 Å². The molecule has 28 heavy (non-hydrogen) atoms. The Balaban J connectivity index is 1.08. The zero-order chi connectivity index (χ0) is 19.2. The van der Waals surface area contributed by atoms with Crippen LogP contribution in [0.15, 0.2) is 0 Å². The molecule has 0 bridgehead atoms. The van der Waals surface area contributed by atoms with Gasteiger partial charge in [0.15, 0.2) is 0 Å². The fourth-order valence-electron chi connectivity index (χ4n) is 6.59. The lowest BCUT2D eigenvalue weighted by Gasteiger charge is -2.37. The van der Waals surface area contributed by atoms with E-state index in [1.54, 1.807) is 0 Å². The van der Waals surface area contributed by atoms with Crippen molar-refractivity contribution in [2.45, 2.75) is 147 Å². The molecule has 4 aliphatic carbocycles. The SMILES string of the molecule is CC1CCC(CC2CCC(OC3CCC(OC4CCCCC4)CC3)CC2)CC1. The summed E-state index contributed by atoms with van der Waals surface area (Å²) in [5.74, 6) is 3.03. The van der Waals surface area contributed by atoms with Crippen molar-refractivity contribution >= 4 is 0 Å². The predicted molar refractivity (Wildman–Crippen MR) is 117 cm³/mol. The molecule has 0 heterocycles. The van der Waals surface area contributed by atoms with Crippen molar-refractivity contribution < 1.29 is 9.47 Å². The van der Waals surface area contributed by atoms with Gasteiger partial charge in [-0.1, -0.05) is 51.9 Å². The molecule has 0 aliphatic heterocycles. The first-order chi connectivity index (χ1) is 13.7. The van der Waals surface area contributed by atoms with Gasteiger partial charge in [0, 0.05) is 0 Å². The van der Waals surface area contributed by atoms with Crippen LogP contribution in [0.4, 0.5) is 0 Å². The summed E-state index contributed by atoms with van der Waals surface area (Å²) in [6.07, 6.45) is 26.9. The van der Waals surface area contributed by atoms with E-state index in [4.69, 9.17) is 9.47 Å². The summed E-state index contributed by atoms with van der Waals surface area (Å²) in [4.78, 5) is 0. The molecule has 162 valence electrons. The zero-order valence-corrected chi connectivity index (χ0v) is 18.6. The van der Waals surface area contributed by atoms with E-state index in [1.807, 2.05) is 0 Å². The fourth-order valence-corrected chi connectivity index (χ4v) is 6.59. The topological polar surface area (TPSA) is 18.5 Å². The summed E-state index contributed by atoms with van der Waals surface area (Å²) < 4.78 is 13.0. The lowest BCUT2D eigenvalue weighted by molar-refractivity contribution is -0.0945. The van der Waals surface area contributed by atoms with Gasteiger partial charge in [0.05, 0.1) is 24.4 Å². The molecule has 0 aromatic rings. The second-order valence-electron chi connectivity index (χ2n) is 10.9. The monoisotopic (exact) mass is 390 g/mol. The van der Waals surface area contributed by atoms with Crippen LogP contribution in [0.3, 0.4) is 0 Å². The van der Waals surface area contributed by atoms with Crippen molar-refractivity contribution in [1.29, 1.82) is 0 Å². The van der Waals surface area contributed by atoms with E-state index in [9.17, 15) is 0 Å². The average molecular weight is 391 g/mol. The molecule has 0 amide bonds.